The first-order valence-corrected chi connectivity index (χ1v) is 10.5. The van der Waals surface area contributed by atoms with Gasteiger partial charge in [0.1, 0.15) is 5.75 Å². The number of amides is 1. The zero-order valence-electron chi connectivity index (χ0n) is 16.4. The second kappa shape index (κ2) is 10.1. The predicted molar refractivity (Wildman–Crippen MR) is 114 cm³/mol. The molecule has 1 N–H and O–H groups in total. The molecule has 0 spiro atoms. The predicted octanol–water partition coefficient (Wildman–Crippen LogP) is 2.63. The summed E-state index contributed by atoms with van der Waals surface area (Å²) in [6, 6.07) is 10.3. The van der Waals surface area contributed by atoms with Gasteiger partial charge in [0, 0.05) is 13.6 Å². The first-order valence-electron chi connectivity index (χ1n) is 8.68. The van der Waals surface area contributed by atoms with Crippen LogP contribution in [-0.2, 0) is 19.6 Å². The minimum atomic E-state index is -4.04. The molecule has 0 aliphatic carbocycles. The quantitative estimate of drug-likeness (QED) is 0.463. The molecule has 0 saturated carbocycles. The number of hydrogen-bond donors (Lipinski definition) is 1. The number of rotatable bonds is 9. The summed E-state index contributed by atoms with van der Waals surface area (Å²) in [6.07, 6.45) is 1.48. The average Bonchev–Trinajstić information content (AvgIpc) is 2.75. The zero-order valence-corrected chi connectivity index (χ0v) is 18.0. The van der Waals surface area contributed by atoms with Gasteiger partial charge in [-0.25, -0.2) is 13.2 Å². The van der Waals surface area contributed by atoms with Crippen LogP contribution >= 0.6 is 11.6 Å². The van der Waals surface area contributed by atoms with E-state index in [0.29, 0.717) is 11.4 Å². The van der Waals surface area contributed by atoms with Crippen molar-refractivity contribution in [2.24, 2.45) is 0 Å². The Morgan fingerprint density at radius 1 is 1.23 bits per heavy atom. The molecule has 8 nitrogen and oxygen atoms in total. The van der Waals surface area contributed by atoms with Crippen LogP contribution in [0.2, 0.25) is 5.02 Å². The Bertz CT molecular complexity index is 1060. The number of esters is 1. The highest BCUT2D eigenvalue weighted by Gasteiger charge is 2.26. The van der Waals surface area contributed by atoms with Gasteiger partial charge in [-0.15, -0.1) is 6.58 Å². The van der Waals surface area contributed by atoms with Crippen molar-refractivity contribution in [3.05, 3.63) is 65.7 Å². The monoisotopic (exact) mass is 452 g/mol. The largest absolute Gasteiger partial charge is 0.495 e. The standard InChI is InChI=1S/C20H21ClN2O6S/c1-4-11-22-19(24)13-29-20(25)15-12-14(9-10-16(15)21)30(26,27)23(2)17-7-5-6-8-18(17)28-3/h4-10,12H,1,11,13H2,2-3H3,(H,22,24). The molecule has 2 rings (SSSR count). The summed E-state index contributed by atoms with van der Waals surface area (Å²) in [4.78, 5) is 23.7. The zero-order chi connectivity index (χ0) is 22.3. The minimum Gasteiger partial charge on any atom is -0.495 e. The summed E-state index contributed by atoms with van der Waals surface area (Å²) in [6.45, 7) is 3.14. The molecule has 1 amide bonds. The van der Waals surface area contributed by atoms with E-state index in [1.807, 2.05) is 0 Å². The normalized spacial score (nSPS) is 10.8. The van der Waals surface area contributed by atoms with Crippen LogP contribution in [0.3, 0.4) is 0 Å². The number of anilines is 1. The highest BCUT2D eigenvalue weighted by atomic mass is 35.5. The number of halogens is 1. The fourth-order valence-corrected chi connectivity index (χ4v) is 3.87. The average molecular weight is 453 g/mol. The van der Waals surface area contributed by atoms with Gasteiger partial charge in [-0.3, -0.25) is 9.10 Å². The van der Waals surface area contributed by atoms with Crippen LogP contribution in [0.4, 0.5) is 5.69 Å². The van der Waals surface area contributed by atoms with E-state index in [4.69, 9.17) is 21.1 Å². The first kappa shape index (κ1) is 23.2. The van der Waals surface area contributed by atoms with E-state index in [9.17, 15) is 18.0 Å². The van der Waals surface area contributed by atoms with Gasteiger partial charge in [0.2, 0.25) is 0 Å². The molecule has 10 heteroatoms. The molecule has 0 aromatic heterocycles. The molecule has 30 heavy (non-hydrogen) atoms. The Morgan fingerprint density at radius 3 is 2.60 bits per heavy atom. The van der Waals surface area contributed by atoms with E-state index >= 15 is 0 Å². The highest BCUT2D eigenvalue weighted by Crippen LogP contribution is 2.32. The van der Waals surface area contributed by atoms with Gasteiger partial charge in [0.05, 0.1) is 28.3 Å². The molecule has 0 aliphatic heterocycles. The minimum absolute atomic E-state index is 0.00889. The number of sulfonamides is 1. The highest BCUT2D eigenvalue weighted by molar-refractivity contribution is 7.92. The smallest absolute Gasteiger partial charge is 0.340 e. The van der Waals surface area contributed by atoms with Gasteiger partial charge in [-0.1, -0.05) is 29.8 Å². The molecule has 0 heterocycles. The third-order valence-corrected chi connectivity index (χ3v) is 6.12. The number of carbonyl (C=O) groups excluding carboxylic acids is 2. The number of hydrogen-bond acceptors (Lipinski definition) is 6. The lowest BCUT2D eigenvalue weighted by Crippen LogP contribution is -2.29. The maximum Gasteiger partial charge on any atom is 0.340 e. The van der Waals surface area contributed by atoms with Crippen molar-refractivity contribution in [2.75, 3.05) is 31.6 Å². The Labute approximate surface area is 180 Å². The summed E-state index contributed by atoms with van der Waals surface area (Å²) in [5.74, 6) is -1.09. The van der Waals surface area contributed by atoms with Crippen LogP contribution in [0.25, 0.3) is 0 Å². The summed E-state index contributed by atoms with van der Waals surface area (Å²) < 4.78 is 37.3. The van der Waals surface area contributed by atoms with Gasteiger partial charge in [-0.2, -0.15) is 0 Å². The molecule has 0 atom stereocenters. The number of nitrogens with zero attached hydrogens (tertiary/aromatic N) is 1. The molecule has 0 radical (unpaired) electrons. The molecule has 0 fully saturated rings. The van der Waals surface area contributed by atoms with Gasteiger partial charge >= 0.3 is 5.97 Å². The van der Waals surface area contributed by atoms with Crippen molar-refractivity contribution in [1.29, 1.82) is 0 Å². The fourth-order valence-electron chi connectivity index (χ4n) is 2.44. The van der Waals surface area contributed by atoms with Gasteiger partial charge in [-0.05, 0) is 30.3 Å². The van der Waals surface area contributed by atoms with Crippen LogP contribution in [0.1, 0.15) is 10.4 Å². The third kappa shape index (κ3) is 5.31. The van der Waals surface area contributed by atoms with Crippen molar-refractivity contribution in [2.45, 2.75) is 4.90 Å². The number of carbonyl (C=O) groups is 2. The Hall–Kier alpha value is -3.04. The number of methoxy groups -OCH3 is 1. The van der Waals surface area contributed by atoms with Gasteiger partial charge < -0.3 is 14.8 Å². The van der Waals surface area contributed by atoms with Crippen molar-refractivity contribution >= 4 is 39.2 Å². The van der Waals surface area contributed by atoms with Crippen molar-refractivity contribution in [1.82, 2.24) is 5.32 Å². The van der Waals surface area contributed by atoms with Crippen LogP contribution < -0.4 is 14.4 Å². The van der Waals surface area contributed by atoms with E-state index in [-0.39, 0.29) is 22.0 Å². The van der Waals surface area contributed by atoms with E-state index in [1.54, 1.807) is 24.3 Å². The van der Waals surface area contributed by atoms with Crippen LogP contribution in [0.5, 0.6) is 5.75 Å². The molecular formula is C20H21ClN2O6S. The molecule has 0 saturated heterocycles. The van der Waals surface area contributed by atoms with Crippen LogP contribution in [0.15, 0.2) is 60.0 Å². The SMILES string of the molecule is C=CCNC(=O)COC(=O)c1cc(S(=O)(=O)N(C)c2ccccc2OC)ccc1Cl. The molecule has 2 aromatic carbocycles. The molecule has 0 bridgehead atoms. The molecular weight excluding hydrogens is 432 g/mol. The first-order chi connectivity index (χ1) is 14.2. The van der Waals surface area contributed by atoms with Crippen LogP contribution in [0, 0.1) is 0 Å². The summed E-state index contributed by atoms with van der Waals surface area (Å²) in [5, 5.41) is 2.44. The second-order valence-electron chi connectivity index (χ2n) is 5.95. The third-order valence-electron chi connectivity index (χ3n) is 4.02. The molecule has 160 valence electrons. The van der Waals surface area contributed by atoms with Crippen molar-refractivity contribution in [3.8, 4) is 5.75 Å². The lowest BCUT2D eigenvalue weighted by Gasteiger charge is -2.22. The lowest BCUT2D eigenvalue weighted by molar-refractivity contribution is -0.124. The number of benzene rings is 2. The van der Waals surface area contributed by atoms with E-state index in [2.05, 4.69) is 11.9 Å². The van der Waals surface area contributed by atoms with Gasteiger partial charge in [0.15, 0.2) is 6.61 Å². The number of ether oxygens (including phenoxy) is 2. The topological polar surface area (TPSA) is 102 Å². The summed E-state index contributed by atoms with van der Waals surface area (Å²) >= 11 is 6.04. The Kier molecular flexibility index (Phi) is 7.85. The fraction of sp³-hybridized carbons (Fsp3) is 0.200. The maximum atomic E-state index is 13.1. The molecule has 0 unspecified atom stereocenters. The van der Waals surface area contributed by atoms with Crippen molar-refractivity contribution in [3.63, 3.8) is 0 Å². The van der Waals surface area contributed by atoms with Crippen LogP contribution in [-0.4, -0.2) is 47.6 Å². The maximum absolute atomic E-state index is 13.1. The number of para-hydroxylation sites is 2. The summed E-state index contributed by atoms with van der Waals surface area (Å²) in [7, 11) is -1.25. The molecule has 0 aliphatic rings. The van der Waals surface area contributed by atoms with Crippen molar-refractivity contribution < 1.29 is 27.5 Å². The Balaban J connectivity index is 2.29. The van der Waals surface area contributed by atoms with E-state index < -0.39 is 28.5 Å². The molecule has 2 aromatic rings. The lowest BCUT2D eigenvalue weighted by atomic mass is 10.2. The second-order valence-corrected chi connectivity index (χ2v) is 8.33. The van der Waals surface area contributed by atoms with Gasteiger partial charge in [0.25, 0.3) is 15.9 Å². The van der Waals surface area contributed by atoms with E-state index in [0.717, 1.165) is 10.4 Å². The summed E-state index contributed by atoms with van der Waals surface area (Å²) in [5.41, 5.74) is 0.139. The van der Waals surface area contributed by atoms with E-state index in [1.165, 1.54) is 32.4 Å². The Morgan fingerprint density at radius 2 is 1.93 bits per heavy atom. The number of nitrogens with one attached hydrogen (secondary N) is 1.